The highest BCUT2D eigenvalue weighted by molar-refractivity contribution is 6.34. The van der Waals surface area contributed by atoms with Gasteiger partial charge in [-0.15, -0.1) is 0 Å². The van der Waals surface area contributed by atoms with Crippen LogP contribution in [0, 0.1) is 0 Å². The topological polar surface area (TPSA) is 61.8 Å². The molecule has 26 heavy (non-hydrogen) atoms. The molecule has 6 heteroatoms. The Bertz CT molecular complexity index is 814. The number of carbonyl (C=O) groups excluding carboxylic acids is 2. The Kier molecular flexibility index (Phi) is 7.24. The van der Waals surface area contributed by atoms with Crippen LogP contribution in [0.4, 0.5) is 0 Å². The van der Waals surface area contributed by atoms with E-state index in [2.05, 4.69) is 0 Å². The molecule has 0 saturated carbocycles. The molecule has 0 atom stereocenters. The van der Waals surface area contributed by atoms with Gasteiger partial charge >= 0.3 is 5.97 Å². The van der Waals surface area contributed by atoms with E-state index in [4.69, 9.17) is 25.8 Å². The largest absolute Gasteiger partial charge is 0.493 e. The van der Waals surface area contributed by atoms with Gasteiger partial charge in [0.05, 0.1) is 18.7 Å². The van der Waals surface area contributed by atoms with Crippen LogP contribution in [-0.2, 0) is 9.53 Å². The van der Waals surface area contributed by atoms with Crippen LogP contribution >= 0.6 is 11.6 Å². The molecule has 0 saturated heterocycles. The zero-order chi connectivity index (χ0) is 18.9. The molecule has 0 spiro atoms. The van der Waals surface area contributed by atoms with E-state index in [9.17, 15) is 9.59 Å². The number of carbonyl (C=O) groups is 2. The van der Waals surface area contributed by atoms with Crippen LogP contribution in [0.1, 0.15) is 22.8 Å². The monoisotopic (exact) mass is 374 g/mol. The number of Topliss-reactive ketones (excluding diaryl/α,β-unsaturated/α-hetero) is 1. The summed E-state index contributed by atoms with van der Waals surface area (Å²) in [5, 5.41) is 0.325. The van der Waals surface area contributed by atoms with Crippen molar-refractivity contribution in [3.05, 3.63) is 64.7 Å². The quantitative estimate of drug-likeness (QED) is 0.394. The van der Waals surface area contributed by atoms with Crippen molar-refractivity contribution in [3.63, 3.8) is 0 Å². The van der Waals surface area contributed by atoms with Crippen molar-refractivity contribution in [2.75, 3.05) is 20.3 Å². The third kappa shape index (κ3) is 5.36. The zero-order valence-electron chi connectivity index (χ0n) is 14.5. The van der Waals surface area contributed by atoms with Gasteiger partial charge in [0.25, 0.3) is 0 Å². The van der Waals surface area contributed by atoms with Crippen molar-refractivity contribution in [2.24, 2.45) is 0 Å². The lowest BCUT2D eigenvalue weighted by molar-refractivity contribution is -0.136. The highest BCUT2D eigenvalue weighted by Crippen LogP contribution is 2.28. The molecule has 2 aromatic rings. The van der Waals surface area contributed by atoms with Crippen LogP contribution in [-0.4, -0.2) is 32.1 Å². The summed E-state index contributed by atoms with van der Waals surface area (Å²) in [6.07, 6.45) is 2.82. The first-order valence-corrected chi connectivity index (χ1v) is 8.36. The summed E-state index contributed by atoms with van der Waals surface area (Å²) in [5.74, 6) is 0.203. The fourth-order valence-electron chi connectivity index (χ4n) is 2.18. The van der Waals surface area contributed by atoms with E-state index in [1.807, 2.05) is 6.92 Å². The first-order chi connectivity index (χ1) is 12.5. The Hall–Kier alpha value is -2.79. The Morgan fingerprint density at radius 1 is 1.12 bits per heavy atom. The molecule has 0 aromatic heterocycles. The van der Waals surface area contributed by atoms with E-state index >= 15 is 0 Å². The third-order valence-corrected chi connectivity index (χ3v) is 3.75. The van der Waals surface area contributed by atoms with Gasteiger partial charge in [0, 0.05) is 11.6 Å². The standard InChI is InChI=1S/C20H19ClO5/c1-3-25-18-10-8-14(12-19(18)24-2)9-11-20(23)26-13-17(22)15-6-4-5-7-16(15)21/h4-12H,3,13H2,1-2H3/b11-9+. The number of rotatable bonds is 8. The van der Waals surface area contributed by atoms with Gasteiger partial charge in [-0.2, -0.15) is 0 Å². The van der Waals surface area contributed by atoms with Crippen LogP contribution in [0.5, 0.6) is 11.5 Å². The van der Waals surface area contributed by atoms with E-state index in [1.165, 1.54) is 6.08 Å². The number of halogens is 1. The summed E-state index contributed by atoms with van der Waals surface area (Å²) >= 11 is 5.94. The second kappa shape index (κ2) is 9.63. The van der Waals surface area contributed by atoms with Crippen LogP contribution < -0.4 is 9.47 Å². The molecule has 0 N–H and O–H groups in total. The Balaban J connectivity index is 1.95. The smallest absolute Gasteiger partial charge is 0.331 e. The van der Waals surface area contributed by atoms with Crippen LogP contribution in [0.3, 0.4) is 0 Å². The second-order valence-corrected chi connectivity index (χ2v) is 5.59. The van der Waals surface area contributed by atoms with Gasteiger partial charge in [-0.25, -0.2) is 4.79 Å². The van der Waals surface area contributed by atoms with Gasteiger partial charge in [0.15, 0.2) is 18.1 Å². The summed E-state index contributed by atoms with van der Waals surface area (Å²) in [6, 6.07) is 11.9. The van der Waals surface area contributed by atoms with E-state index in [-0.39, 0.29) is 12.4 Å². The summed E-state index contributed by atoms with van der Waals surface area (Å²) in [4.78, 5) is 23.8. The van der Waals surface area contributed by atoms with E-state index < -0.39 is 5.97 Å². The number of benzene rings is 2. The van der Waals surface area contributed by atoms with E-state index in [1.54, 1.807) is 55.7 Å². The molecule has 0 aliphatic heterocycles. The van der Waals surface area contributed by atoms with Crippen LogP contribution in [0.2, 0.25) is 5.02 Å². The third-order valence-electron chi connectivity index (χ3n) is 3.42. The number of ketones is 1. The number of hydrogen-bond donors (Lipinski definition) is 0. The van der Waals surface area contributed by atoms with Gasteiger partial charge in [0.1, 0.15) is 0 Å². The molecule has 5 nitrogen and oxygen atoms in total. The average Bonchev–Trinajstić information content (AvgIpc) is 2.65. The molecule has 2 aromatic carbocycles. The van der Waals surface area contributed by atoms with Gasteiger partial charge in [-0.05, 0) is 42.8 Å². The predicted molar refractivity (Wildman–Crippen MR) is 99.9 cm³/mol. The molecule has 0 aliphatic carbocycles. The number of ether oxygens (including phenoxy) is 3. The first kappa shape index (κ1) is 19.5. The van der Waals surface area contributed by atoms with Crippen molar-refractivity contribution in [3.8, 4) is 11.5 Å². The van der Waals surface area contributed by atoms with Crippen LogP contribution in [0.15, 0.2) is 48.5 Å². The predicted octanol–water partition coefficient (Wildman–Crippen LogP) is 4.19. The second-order valence-electron chi connectivity index (χ2n) is 5.19. The lowest BCUT2D eigenvalue weighted by Gasteiger charge is -2.09. The van der Waals surface area contributed by atoms with Gasteiger partial charge in [0.2, 0.25) is 5.78 Å². The molecule has 0 radical (unpaired) electrons. The molecule has 0 amide bonds. The first-order valence-electron chi connectivity index (χ1n) is 7.98. The molecule has 0 fully saturated rings. The summed E-state index contributed by atoms with van der Waals surface area (Å²) in [6.45, 7) is 2.03. The van der Waals surface area contributed by atoms with Crippen molar-refractivity contribution in [1.82, 2.24) is 0 Å². The Labute approximate surface area is 157 Å². The molecule has 0 unspecified atom stereocenters. The van der Waals surface area contributed by atoms with Crippen molar-refractivity contribution >= 4 is 29.4 Å². The summed E-state index contributed by atoms with van der Waals surface area (Å²) in [7, 11) is 1.54. The molecule has 2 rings (SSSR count). The molecular formula is C20H19ClO5. The number of hydrogen-bond acceptors (Lipinski definition) is 5. The normalized spacial score (nSPS) is 10.6. The fraction of sp³-hybridized carbons (Fsp3) is 0.200. The summed E-state index contributed by atoms with van der Waals surface area (Å²) < 4.78 is 15.7. The van der Waals surface area contributed by atoms with Gasteiger partial charge < -0.3 is 14.2 Å². The molecule has 0 heterocycles. The molecule has 0 aliphatic rings. The fourth-order valence-corrected chi connectivity index (χ4v) is 2.42. The maximum atomic E-state index is 12.0. The highest BCUT2D eigenvalue weighted by Gasteiger charge is 2.11. The van der Waals surface area contributed by atoms with Crippen molar-refractivity contribution in [2.45, 2.75) is 6.92 Å². The lowest BCUT2D eigenvalue weighted by atomic mass is 10.1. The number of esters is 1. The average molecular weight is 375 g/mol. The van der Waals surface area contributed by atoms with Crippen LogP contribution in [0.25, 0.3) is 6.08 Å². The molecule has 136 valence electrons. The molecule has 0 bridgehead atoms. The maximum absolute atomic E-state index is 12.0. The lowest BCUT2D eigenvalue weighted by Crippen LogP contribution is -2.12. The Morgan fingerprint density at radius 2 is 1.88 bits per heavy atom. The van der Waals surface area contributed by atoms with Crippen molar-refractivity contribution in [1.29, 1.82) is 0 Å². The van der Waals surface area contributed by atoms with E-state index in [0.717, 1.165) is 5.56 Å². The van der Waals surface area contributed by atoms with E-state index in [0.29, 0.717) is 28.7 Å². The Morgan fingerprint density at radius 3 is 2.58 bits per heavy atom. The molecular weight excluding hydrogens is 356 g/mol. The zero-order valence-corrected chi connectivity index (χ0v) is 15.3. The maximum Gasteiger partial charge on any atom is 0.331 e. The highest BCUT2D eigenvalue weighted by atomic mass is 35.5. The van der Waals surface area contributed by atoms with Gasteiger partial charge in [-0.1, -0.05) is 29.8 Å². The summed E-state index contributed by atoms with van der Waals surface area (Å²) in [5.41, 5.74) is 1.06. The SMILES string of the molecule is CCOc1ccc(/C=C/C(=O)OCC(=O)c2ccccc2Cl)cc1OC. The van der Waals surface area contributed by atoms with Gasteiger partial charge in [-0.3, -0.25) is 4.79 Å². The van der Waals surface area contributed by atoms with Crippen molar-refractivity contribution < 1.29 is 23.8 Å². The minimum absolute atomic E-state index is 0.321. The number of methoxy groups -OCH3 is 1. The minimum atomic E-state index is -0.627. The minimum Gasteiger partial charge on any atom is -0.493 e.